The van der Waals surface area contributed by atoms with Crippen LogP contribution in [0.5, 0.6) is 0 Å². The number of carbonyl (C=O) groups excluding carboxylic acids is 1. The van der Waals surface area contributed by atoms with E-state index in [0.29, 0.717) is 18.9 Å². The third-order valence-electron chi connectivity index (χ3n) is 4.75. The van der Waals surface area contributed by atoms with Crippen molar-refractivity contribution < 1.29 is 9.18 Å². The first-order valence-electron chi connectivity index (χ1n) is 9.77. The van der Waals surface area contributed by atoms with Crippen molar-refractivity contribution in [3.63, 3.8) is 0 Å². The second-order valence-corrected chi connectivity index (χ2v) is 7.85. The summed E-state index contributed by atoms with van der Waals surface area (Å²) in [5.74, 6) is -0.599. The molecule has 0 aliphatic heterocycles. The first-order chi connectivity index (χ1) is 15.1. The van der Waals surface area contributed by atoms with E-state index in [2.05, 4.69) is 42.6 Å². The van der Waals surface area contributed by atoms with Crippen molar-refractivity contribution in [3.8, 4) is 0 Å². The molecule has 0 spiro atoms. The fourth-order valence-corrected chi connectivity index (χ4v) is 3.48. The van der Waals surface area contributed by atoms with Gasteiger partial charge in [-0.25, -0.2) is 4.39 Å². The number of para-hydroxylation sites is 1. The van der Waals surface area contributed by atoms with Crippen molar-refractivity contribution in [1.29, 1.82) is 0 Å². The third-order valence-corrected chi connectivity index (χ3v) is 5.28. The van der Waals surface area contributed by atoms with Gasteiger partial charge in [0.05, 0.1) is 0 Å². The molecule has 3 aromatic carbocycles. The highest BCUT2D eigenvalue weighted by molar-refractivity contribution is 9.10. The molecule has 0 saturated heterocycles. The Balaban J connectivity index is 1.51. The van der Waals surface area contributed by atoms with E-state index >= 15 is 0 Å². The Morgan fingerprint density at radius 1 is 1.03 bits per heavy atom. The summed E-state index contributed by atoms with van der Waals surface area (Å²) in [5, 5.41) is 7.05. The van der Waals surface area contributed by atoms with Crippen LogP contribution in [0, 0.1) is 5.82 Å². The SMILES string of the molecule is O=C(NC(=NCCc1c[nH]c2ccccc12)Nc1ccc(Br)cc1)c1cccc(F)c1. The maximum Gasteiger partial charge on any atom is 0.258 e. The summed E-state index contributed by atoms with van der Waals surface area (Å²) in [7, 11) is 0. The topological polar surface area (TPSA) is 69.3 Å². The Morgan fingerprint density at radius 3 is 2.65 bits per heavy atom. The Bertz CT molecular complexity index is 1230. The minimum absolute atomic E-state index is 0.224. The molecule has 0 bridgehead atoms. The van der Waals surface area contributed by atoms with Gasteiger partial charge in [0.25, 0.3) is 5.91 Å². The zero-order chi connectivity index (χ0) is 21.6. The molecule has 1 aromatic heterocycles. The van der Waals surface area contributed by atoms with Crippen molar-refractivity contribution >= 4 is 44.4 Å². The number of hydrogen-bond donors (Lipinski definition) is 3. The number of nitrogens with zero attached hydrogens (tertiary/aromatic N) is 1. The van der Waals surface area contributed by atoms with Gasteiger partial charge in [-0.3, -0.25) is 15.1 Å². The fourth-order valence-electron chi connectivity index (χ4n) is 3.22. The molecule has 3 N–H and O–H groups in total. The molecule has 156 valence electrons. The second-order valence-electron chi connectivity index (χ2n) is 6.94. The summed E-state index contributed by atoms with van der Waals surface area (Å²) in [5.41, 5.74) is 3.23. The van der Waals surface area contributed by atoms with E-state index < -0.39 is 11.7 Å². The first kappa shape index (κ1) is 20.8. The molecule has 1 heterocycles. The smallest absolute Gasteiger partial charge is 0.258 e. The highest BCUT2D eigenvalue weighted by atomic mass is 79.9. The van der Waals surface area contributed by atoms with Crippen molar-refractivity contribution in [2.75, 3.05) is 11.9 Å². The number of fused-ring (bicyclic) bond motifs is 1. The summed E-state index contributed by atoms with van der Waals surface area (Å²) < 4.78 is 14.4. The quantitative estimate of drug-likeness (QED) is 0.261. The maximum absolute atomic E-state index is 13.5. The minimum Gasteiger partial charge on any atom is -0.361 e. The number of guanidine groups is 1. The van der Waals surface area contributed by atoms with E-state index in [4.69, 9.17) is 0 Å². The molecule has 7 heteroatoms. The van der Waals surface area contributed by atoms with E-state index in [1.54, 1.807) is 6.07 Å². The van der Waals surface area contributed by atoms with E-state index in [1.807, 2.05) is 48.7 Å². The Morgan fingerprint density at radius 2 is 1.84 bits per heavy atom. The lowest BCUT2D eigenvalue weighted by Gasteiger charge is -2.12. The van der Waals surface area contributed by atoms with Crippen molar-refractivity contribution in [2.24, 2.45) is 4.99 Å². The van der Waals surface area contributed by atoms with Crippen LogP contribution in [-0.4, -0.2) is 23.4 Å². The summed E-state index contributed by atoms with van der Waals surface area (Å²) in [6.45, 7) is 0.462. The number of nitrogens with one attached hydrogen (secondary N) is 3. The summed E-state index contributed by atoms with van der Waals surface area (Å²) >= 11 is 3.41. The molecule has 0 saturated carbocycles. The van der Waals surface area contributed by atoms with E-state index in [9.17, 15) is 9.18 Å². The van der Waals surface area contributed by atoms with E-state index in [-0.39, 0.29) is 5.56 Å². The number of benzene rings is 3. The number of aromatic amines is 1. The molecule has 4 rings (SSSR count). The van der Waals surface area contributed by atoms with Gasteiger partial charge >= 0.3 is 0 Å². The van der Waals surface area contributed by atoms with Crippen LogP contribution in [0.2, 0.25) is 0 Å². The number of carbonyl (C=O) groups is 1. The molecule has 0 fully saturated rings. The number of aliphatic imine (C=N–C) groups is 1. The highest BCUT2D eigenvalue weighted by Crippen LogP contribution is 2.18. The van der Waals surface area contributed by atoms with Crippen LogP contribution >= 0.6 is 15.9 Å². The van der Waals surface area contributed by atoms with Crippen LogP contribution in [0.25, 0.3) is 10.9 Å². The molecule has 31 heavy (non-hydrogen) atoms. The monoisotopic (exact) mass is 478 g/mol. The van der Waals surface area contributed by atoms with Gasteiger partial charge in [-0.05, 0) is 60.5 Å². The zero-order valence-electron chi connectivity index (χ0n) is 16.5. The van der Waals surface area contributed by atoms with Crippen LogP contribution in [0.15, 0.2) is 88.5 Å². The lowest BCUT2D eigenvalue weighted by Crippen LogP contribution is -2.36. The maximum atomic E-state index is 13.5. The Kier molecular flexibility index (Phi) is 6.43. The Hall–Kier alpha value is -3.45. The van der Waals surface area contributed by atoms with Gasteiger partial charge in [0.2, 0.25) is 5.96 Å². The van der Waals surface area contributed by atoms with Gasteiger partial charge in [-0.15, -0.1) is 0 Å². The molecular formula is C24H20BrFN4O. The zero-order valence-corrected chi connectivity index (χ0v) is 18.1. The molecular weight excluding hydrogens is 459 g/mol. The molecule has 0 atom stereocenters. The lowest BCUT2D eigenvalue weighted by molar-refractivity contribution is 0.0976. The molecule has 0 aliphatic carbocycles. The van der Waals surface area contributed by atoms with Crippen molar-refractivity contribution in [2.45, 2.75) is 6.42 Å². The van der Waals surface area contributed by atoms with E-state index in [1.165, 1.54) is 18.2 Å². The van der Waals surface area contributed by atoms with Gasteiger partial charge in [0.1, 0.15) is 5.82 Å². The number of H-pyrrole nitrogens is 1. The molecule has 5 nitrogen and oxygen atoms in total. The van der Waals surface area contributed by atoms with Crippen molar-refractivity contribution in [1.82, 2.24) is 10.3 Å². The normalized spacial score (nSPS) is 11.5. The van der Waals surface area contributed by atoms with Crippen molar-refractivity contribution in [3.05, 3.63) is 100 Å². The predicted molar refractivity (Wildman–Crippen MR) is 126 cm³/mol. The van der Waals surface area contributed by atoms with Gasteiger partial charge in [-0.2, -0.15) is 0 Å². The predicted octanol–water partition coefficient (Wildman–Crippen LogP) is 5.51. The van der Waals surface area contributed by atoms with Gasteiger partial charge < -0.3 is 10.3 Å². The van der Waals surface area contributed by atoms with Gasteiger partial charge in [-0.1, -0.05) is 40.2 Å². The highest BCUT2D eigenvalue weighted by Gasteiger charge is 2.11. The van der Waals surface area contributed by atoms with Gasteiger partial charge in [0, 0.05) is 39.4 Å². The number of hydrogen-bond acceptors (Lipinski definition) is 2. The van der Waals surface area contributed by atoms with Crippen LogP contribution < -0.4 is 10.6 Å². The minimum atomic E-state index is -0.466. The van der Waals surface area contributed by atoms with Crippen LogP contribution in [-0.2, 0) is 6.42 Å². The fraction of sp³-hybridized carbons (Fsp3) is 0.0833. The summed E-state index contributed by atoms with van der Waals surface area (Å²) in [4.78, 5) is 20.4. The number of rotatable bonds is 5. The number of halogens is 2. The average molecular weight is 479 g/mol. The lowest BCUT2D eigenvalue weighted by atomic mass is 10.1. The molecule has 4 aromatic rings. The second kappa shape index (κ2) is 9.57. The van der Waals surface area contributed by atoms with Crippen LogP contribution in [0.4, 0.5) is 10.1 Å². The third kappa shape index (κ3) is 5.38. The first-order valence-corrected chi connectivity index (χ1v) is 10.6. The van der Waals surface area contributed by atoms with Gasteiger partial charge in [0.15, 0.2) is 0 Å². The largest absolute Gasteiger partial charge is 0.361 e. The molecule has 0 aliphatic rings. The van der Waals surface area contributed by atoms with Crippen LogP contribution in [0.1, 0.15) is 15.9 Å². The number of anilines is 1. The van der Waals surface area contributed by atoms with E-state index in [0.717, 1.165) is 26.6 Å². The van der Waals surface area contributed by atoms with Crippen LogP contribution in [0.3, 0.4) is 0 Å². The molecule has 1 amide bonds. The summed E-state index contributed by atoms with van der Waals surface area (Å²) in [6.07, 6.45) is 2.68. The standard InChI is InChI=1S/C24H20BrFN4O/c25-18-8-10-20(11-9-18)29-24(30-23(31)16-4-3-5-19(26)14-16)27-13-12-17-15-28-22-7-2-1-6-21(17)22/h1-11,14-15,28H,12-13H2,(H2,27,29,30,31). The average Bonchev–Trinajstić information content (AvgIpc) is 3.18. The Labute approximate surface area is 187 Å². The molecule has 0 radical (unpaired) electrons. The number of amides is 1. The molecule has 0 unspecified atom stereocenters. The number of aromatic nitrogens is 1. The summed E-state index contributed by atoms with van der Waals surface area (Å²) in [6, 6.07) is 21.2.